The maximum Gasteiger partial charge on any atom is 0 e. The summed E-state index contributed by atoms with van der Waals surface area (Å²) in [7, 11) is 0. The van der Waals surface area contributed by atoms with E-state index in [1.165, 1.54) is 0 Å². The average molecular weight is 176 g/mol. The summed E-state index contributed by atoms with van der Waals surface area (Å²) < 4.78 is 0. The summed E-state index contributed by atoms with van der Waals surface area (Å²) in [5.74, 6) is 0. The highest BCUT2D eigenvalue weighted by Crippen LogP contribution is 0.693. The first kappa shape index (κ1) is 97.2. The van der Waals surface area contributed by atoms with Crippen molar-refractivity contribution in [1.82, 2.24) is 0 Å². The van der Waals surface area contributed by atoms with Crippen LogP contribution in [0.2, 0.25) is 0 Å². The molecule has 0 aromatic carbocycles. The topological polar surface area (TPSA) is 0 Å². The molecule has 5 heavy (non-hydrogen) atoms. The van der Waals surface area contributed by atoms with E-state index in [0.717, 1.165) is 0 Å². The first-order valence-electron chi connectivity index (χ1n) is 0. The zero-order valence-corrected chi connectivity index (χ0v) is 6.40. The predicted octanol–water partition coefficient (Wildman–Crippen LogP) is 1.55. The van der Waals surface area contributed by atoms with Gasteiger partial charge in [0.25, 0.3) is 0 Å². The maximum absolute atomic E-state index is 0. The molecule has 0 unspecified atom stereocenters. The second-order valence-electron chi connectivity index (χ2n) is 0. The standard InChI is InChI=1S/4ClH.Si.H2/h4*1H;;1H. The minimum absolute atomic E-state index is 0. The molecule has 0 aromatic heterocycles. The fraction of sp³-hybridized carbons (Fsp3) is 0. The summed E-state index contributed by atoms with van der Waals surface area (Å²) in [5, 5.41) is 0. The molecule has 0 saturated carbocycles. The third-order valence-electron chi connectivity index (χ3n) is 0. The van der Waals surface area contributed by atoms with Gasteiger partial charge in [0.1, 0.15) is 0 Å². The van der Waals surface area contributed by atoms with Crippen LogP contribution in [0, 0.1) is 0 Å². The van der Waals surface area contributed by atoms with Crippen molar-refractivity contribution >= 4 is 60.6 Å². The molecule has 0 N–H and O–H groups in total. The molecule has 0 saturated heterocycles. The number of halogens is 4. The largest absolute Gasteiger partial charge is 0.147 e. The van der Waals surface area contributed by atoms with Crippen molar-refractivity contribution in [2.75, 3.05) is 0 Å². The minimum atomic E-state index is 0. The van der Waals surface area contributed by atoms with Gasteiger partial charge >= 0.3 is 0 Å². The smallest absolute Gasteiger partial charge is 0 e. The zero-order chi connectivity index (χ0) is 0. The van der Waals surface area contributed by atoms with Crippen LogP contribution in [0.3, 0.4) is 0 Å². The Balaban J connectivity index is 0. The van der Waals surface area contributed by atoms with Crippen molar-refractivity contribution < 1.29 is 1.43 Å². The number of rotatable bonds is 0. The van der Waals surface area contributed by atoms with Gasteiger partial charge in [-0.15, -0.1) is 49.6 Å². The summed E-state index contributed by atoms with van der Waals surface area (Å²) in [5.41, 5.74) is 0. The van der Waals surface area contributed by atoms with Crippen LogP contribution >= 0.6 is 49.6 Å². The molecule has 0 bridgehead atoms. The van der Waals surface area contributed by atoms with Crippen molar-refractivity contribution in [2.24, 2.45) is 0 Å². The van der Waals surface area contributed by atoms with E-state index in [4.69, 9.17) is 0 Å². The van der Waals surface area contributed by atoms with E-state index in [0.29, 0.717) is 0 Å². The van der Waals surface area contributed by atoms with E-state index < -0.39 is 0 Å². The summed E-state index contributed by atoms with van der Waals surface area (Å²) in [4.78, 5) is 0. The van der Waals surface area contributed by atoms with Crippen LogP contribution in [0.4, 0.5) is 0 Å². The van der Waals surface area contributed by atoms with Crippen molar-refractivity contribution in [1.29, 1.82) is 0 Å². The van der Waals surface area contributed by atoms with Crippen LogP contribution in [-0.4, -0.2) is 11.0 Å². The second-order valence-corrected chi connectivity index (χ2v) is 0. The average Bonchev–Trinajstić information content (AvgIpc) is 0. The van der Waals surface area contributed by atoms with Gasteiger partial charge in [-0.3, -0.25) is 0 Å². The van der Waals surface area contributed by atoms with Crippen molar-refractivity contribution in [2.45, 2.75) is 0 Å². The molecular weight excluding hydrogens is 170 g/mol. The van der Waals surface area contributed by atoms with Crippen LogP contribution < -0.4 is 0 Å². The Kier molecular flexibility index (Phi) is 1060. The van der Waals surface area contributed by atoms with Crippen LogP contribution in [0.1, 0.15) is 1.43 Å². The van der Waals surface area contributed by atoms with Crippen LogP contribution in [-0.2, 0) is 0 Å². The number of hydrogen-bond donors (Lipinski definition) is 0. The molecule has 38 valence electrons. The van der Waals surface area contributed by atoms with E-state index >= 15 is 0 Å². The molecule has 5 heteroatoms. The van der Waals surface area contributed by atoms with E-state index in [1.54, 1.807) is 0 Å². The van der Waals surface area contributed by atoms with E-state index in [-0.39, 0.29) is 62.0 Å². The van der Waals surface area contributed by atoms with Gasteiger partial charge in [0.05, 0.1) is 0 Å². The van der Waals surface area contributed by atoms with E-state index in [9.17, 15) is 0 Å². The SMILES string of the molecule is Cl.Cl.Cl.Cl.[HH].[Si]. The predicted molar refractivity (Wildman–Crippen MR) is 36.9 cm³/mol. The van der Waals surface area contributed by atoms with Crippen LogP contribution in [0.5, 0.6) is 0 Å². The van der Waals surface area contributed by atoms with Gasteiger partial charge in [-0.05, 0) is 0 Å². The normalized spacial score (nSPS) is 0. The van der Waals surface area contributed by atoms with Gasteiger partial charge < -0.3 is 0 Å². The molecule has 0 heterocycles. The monoisotopic (exact) mass is 174 g/mol. The lowest BCUT2D eigenvalue weighted by atomic mass is 28.1. The van der Waals surface area contributed by atoms with Gasteiger partial charge in [0.15, 0.2) is 0 Å². The Labute approximate surface area is 62.2 Å². The molecule has 0 aliphatic heterocycles. The zero-order valence-electron chi connectivity index (χ0n) is 2.13. The molecule has 0 nitrogen and oxygen atoms in total. The lowest BCUT2D eigenvalue weighted by molar-refractivity contribution is 5.75. The molecule has 0 rings (SSSR count). The molecule has 0 atom stereocenters. The highest BCUT2D eigenvalue weighted by Gasteiger charge is 0.0000279. The fourth-order valence-electron chi connectivity index (χ4n) is 0. The number of hydrogen-bond acceptors (Lipinski definition) is 0. The third kappa shape index (κ3) is 32.3. The summed E-state index contributed by atoms with van der Waals surface area (Å²) in [6, 6.07) is 0. The van der Waals surface area contributed by atoms with Gasteiger partial charge in [0.2, 0.25) is 0 Å². The Hall–Kier alpha value is 1.38. The molecule has 4 radical (unpaired) electrons. The Bertz CT molecular complexity index is 7.51. The molecule has 0 spiro atoms. The third-order valence-corrected chi connectivity index (χ3v) is 0. The molecule has 0 fully saturated rings. The Morgan fingerprint density at radius 2 is 0.600 bits per heavy atom. The Morgan fingerprint density at radius 1 is 0.600 bits per heavy atom. The van der Waals surface area contributed by atoms with Crippen molar-refractivity contribution in [3.05, 3.63) is 0 Å². The van der Waals surface area contributed by atoms with E-state index in [1.807, 2.05) is 0 Å². The lowest BCUT2D eigenvalue weighted by Crippen LogP contribution is -0.381. The Morgan fingerprint density at radius 3 is 0.600 bits per heavy atom. The lowest BCUT2D eigenvalue weighted by Gasteiger charge is -0.148. The minimum Gasteiger partial charge on any atom is -0.147 e. The highest BCUT2D eigenvalue weighted by atomic mass is 35.5. The summed E-state index contributed by atoms with van der Waals surface area (Å²) >= 11 is 0. The van der Waals surface area contributed by atoms with Crippen LogP contribution in [0.15, 0.2) is 0 Å². The molecule has 0 amide bonds. The second kappa shape index (κ2) is 54.3. The van der Waals surface area contributed by atoms with Gasteiger partial charge in [-0.25, -0.2) is 0 Å². The van der Waals surface area contributed by atoms with Gasteiger partial charge in [-0.1, -0.05) is 0 Å². The van der Waals surface area contributed by atoms with Crippen LogP contribution in [0.25, 0.3) is 0 Å². The fourth-order valence-corrected chi connectivity index (χ4v) is 0. The summed E-state index contributed by atoms with van der Waals surface area (Å²) in [6.07, 6.45) is 0. The molecular formula is H6Cl4Si. The molecule has 0 aliphatic rings. The molecule has 0 aromatic rings. The first-order chi connectivity index (χ1) is 0. The van der Waals surface area contributed by atoms with E-state index in [2.05, 4.69) is 0 Å². The first-order valence-corrected chi connectivity index (χ1v) is 0. The molecule has 0 aliphatic carbocycles. The highest BCUT2D eigenvalue weighted by molar-refractivity contribution is 5.86. The summed E-state index contributed by atoms with van der Waals surface area (Å²) in [6.45, 7) is 0. The maximum atomic E-state index is 0. The van der Waals surface area contributed by atoms with Crippen molar-refractivity contribution in [3.8, 4) is 0 Å². The quantitative estimate of drug-likeness (QED) is 0.491. The van der Waals surface area contributed by atoms with Gasteiger partial charge in [0, 0.05) is 12.4 Å². The van der Waals surface area contributed by atoms with Gasteiger partial charge in [-0.2, -0.15) is 0 Å². The van der Waals surface area contributed by atoms with Crippen molar-refractivity contribution in [3.63, 3.8) is 0 Å².